The number of amides is 1. The number of ether oxygens (including phenoxy) is 1. The van der Waals surface area contributed by atoms with E-state index in [1.165, 1.54) is 0 Å². The number of nitrogens with one attached hydrogen (secondary N) is 1. The van der Waals surface area contributed by atoms with E-state index in [4.69, 9.17) is 9.73 Å². The molecule has 5 rings (SSSR count). The van der Waals surface area contributed by atoms with Gasteiger partial charge in [0.15, 0.2) is 5.78 Å². The van der Waals surface area contributed by atoms with Gasteiger partial charge in [0.2, 0.25) is 5.91 Å². The molecule has 6 heteroatoms. The number of nitrogens with zero attached hydrogens (tertiary/aromatic N) is 2. The Balaban J connectivity index is 1.56. The van der Waals surface area contributed by atoms with Gasteiger partial charge in [0, 0.05) is 35.5 Å². The molecule has 1 unspecified atom stereocenters. The molecule has 1 aromatic heterocycles. The molecule has 2 aromatic carbocycles. The topological polar surface area (TPSA) is 80.6 Å². The number of ketones is 1. The van der Waals surface area contributed by atoms with Crippen molar-refractivity contribution in [1.82, 2.24) is 4.98 Å². The van der Waals surface area contributed by atoms with Crippen LogP contribution in [0, 0.1) is 18.3 Å². The first kappa shape index (κ1) is 24.6. The summed E-state index contributed by atoms with van der Waals surface area (Å²) < 4.78 is 6.09. The molecule has 6 nitrogen and oxygen atoms in total. The highest BCUT2D eigenvalue weighted by Crippen LogP contribution is 2.48. The van der Waals surface area contributed by atoms with Gasteiger partial charge in [-0.1, -0.05) is 50.2 Å². The minimum atomic E-state index is -0.654. The van der Waals surface area contributed by atoms with Crippen LogP contribution in [0.4, 0.5) is 5.82 Å². The molecule has 3 aromatic rings. The number of aromatic nitrogens is 1. The zero-order valence-electron chi connectivity index (χ0n) is 21.6. The van der Waals surface area contributed by atoms with E-state index in [2.05, 4.69) is 24.1 Å². The Bertz CT molecular complexity index is 1410. The van der Waals surface area contributed by atoms with Gasteiger partial charge in [-0.15, -0.1) is 0 Å². The van der Waals surface area contributed by atoms with Gasteiger partial charge in [0.1, 0.15) is 17.3 Å². The molecule has 0 fully saturated rings. The van der Waals surface area contributed by atoms with E-state index in [0.717, 1.165) is 22.6 Å². The highest BCUT2D eigenvalue weighted by atomic mass is 16.5. The first-order chi connectivity index (χ1) is 17.7. The summed E-state index contributed by atoms with van der Waals surface area (Å²) in [5, 5.41) is 2.95. The van der Waals surface area contributed by atoms with Crippen molar-refractivity contribution < 1.29 is 14.3 Å². The molecular formula is C31H31N3O3. The summed E-state index contributed by atoms with van der Waals surface area (Å²) in [5.41, 5.74) is 3.79. The highest BCUT2D eigenvalue weighted by Gasteiger charge is 2.45. The molecule has 1 N–H and O–H groups in total. The van der Waals surface area contributed by atoms with Gasteiger partial charge in [-0.3, -0.25) is 14.6 Å². The van der Waals surface area contributed by atoms with E-state index in [1.807, 2.05) is 74.5 Å². The van der Waals surface area contributed by atoms with E-state index in [9.17, 15) is 9.59 Å². The normalized spacial score (nSPS) is 20.6. The van der Waals surface area contributed by atoms with E-state index >= 15 is 0 Å². The number of allylic oxidation sites excluding steroid dienone is 2. The lowest BCUT2D eigenvalue weighted by atomic mass is 9.66. The van der Waals surface area contributed by atoms with Crippen molar-refractivity contribution in [2.75, 3.05) is 5.32 Å². The first-order valence-electron chi connectivity index (χ1n) is 12.6. The predicted molar refractivity (Wildman–Crippen MR) is 145 cm³/mol. The molecule has 188 valence electrons. The number of carbonyl (C=O) groups is 2. The second kappa shape index (κ2) is 9.77. The van der Waals surface area contributed by atoms with Gasteiger partial charge < -0.3 is 10.1 Å². The van der Waals surface area contributed by atoms with Crippen molar-refractivity contribution in [2.24, 2.45) is 16.3 Å². The number of rotatable bonds is 5. The van der Waals surface area contributed by atoms with Crippen LogP contribution in [0.2, 0.25) is 0 Å². The van der Waals surface area contributed by atoms with E-state index < -0.39 is 11.8 Å². The lowest BCUT2D eigenvalue weighted by Gasteiger charge is -2.39. The van der Waals surface area contributed by atoms with Gasteiger partial charge in [-0.05, 0) is 67.1 Å². The minimum absolute atomic E-state index is 0.0492. The average Bonchev–Trinajstić information content (AvgIpc) is 2.84. The molecule has 1 amide bonds. The molecular weight excluding hydrogens is 462 g/mol. The number of para-hydroxylation sites is 1. The van der Waals surface area contributed by atoms with Gasteiger partial charge in [-0.25, -0.2) is 4.98 Å². The number of Topliss-reactive ketones (excluding diaryl/α,β-unsaturated/α-hetero) is 1. The summed E-state index contributed by atoms with van der Waals surface area (Å²) >= 11 is 0. The Morgan fingerprint density at radius 2 is 1.73 bits per heavy atom. The number of hydrogen-bond donors (Lipinski definition) is 1. The van der Waals surface area contributed by atoms with Crippen LogP contribution in [0.1, 0.15) is 50.7 Å². The van der Waals surface area contributed by atoms with Gasteiger partial charge in [-0.2, -0.15) is 0 Å². The zero-order chi connectivity index (χ0) is 26.2. The van der Waals surface area contributed by atoms with E-state index in [0.29, 0.717) is 35.7 Å². The Labute approximate surface area is 217 Å². The van der Waals surface area contributed by atoms with Crippen molar-refractivity contribution in [3.8, 4) is 11.5 Å². The van der Waals surface area contributed by atoms with Crippen LogP contribution >= 0.6 is 0 Å². The number of carbonyl (C=O) groups excluding carboxylic acids is 2. The zero-order valence-corrected chi connectivity index (χ0v) is 21.6. The fourth-order valence-corrected chi connectivity index (χ4v) is 5.29. The quantitative estimate of drug-likeness (QED) is 0.432. The maximum atomic E-state index is 13.7. The number of hydrogen-bond acceptors (Lipinski definition) is 5. The molecule has 37 heavy (non-hydrogen) atoms. The standard InChI is InChI=1S/C31H31N3O3/c1-19-13-14-26(32-18-19)34-30(36)27-20(2)33-24-16-31(3,4)17-25(35)29(24)28(27)21-9-8-12-23(15-21)37-22-10-6-5-7-11-22/h5-15,18,27-28H,16-17H2,1-4H3,(H,32,34,36)/t27?,28-/m0/s1. The van der Waals surface area contributed by atoms with E-state index in [-0.39, 0.29) is 17.1 Å². The molecule has 2 aliphatic rings. The third kappa shape index (κ3) is 5.24. The Morgan fingerprint density at radius 3 is 2.46 bits per heavy atom. The van der Waals surface area contributed by atoms with Crippen molar-refractivity contribution in [1.29, 1.82) is 0 Å². The van der Waals surface area contributed by atoms with Crippen LogP contribution in [0.3, 0.4) is 0 Å². The summed E-state index contributed by atoms with van der Waals surface area (Å²) in [6.45, 7) is 8.00. The largest absolute Gasteiger partial charge is 0.457 e. The molecule has 2 heterocycles. The monoisotopic (exact) mass is 493 g/mol. The summed E-state index contributed by atoms with van der Waals surface area (Å²) in [5.74, 6) is 0.526. The molecule has 2 atom stereocenters. The van der Waals surface area contributed by atoms with Crippen LogP contribution in [-0.2, 0) is 9.59 Å². The highest BCUT2D eigenvalue weighted by molar-refractivity contribution is 6.13. The number of pyridine rings is 1. The van der Waals surface area contributed by atoms with Crippen molar-refractivity contribution in [2.45, 2.75) is 46.5 Å². The SMILES string of the molecule is CC1=NC2=C(C(=O)CC(C)(C)C2)[C@@H](c2cccc(Oc3ccccc3)c2)C1C(=O)Nc1ccc(C)cn1. The first-order valence-corrected chi connectivity index (χ1v) is 12.6. The average molecular weight is 494 g/mol. The smallest absolute Gasteiger partial charge is 0.235 e. The van der Waals surface area contributed by atoms with Crippen LogP contribution < -0.4 is 10.1 Å². The van der Waals surface area contributed by atoms with Gasteiger partial charge >= 0.3 is 0 Å². The fraction of sp³-hybridized carbons (Fsp3) is 0.290. The maximum Gasteiger partial charge on any atom is 0.235 e. The molecule has 0 radical (unpaired) electrons. The molecule has 0 saturated heterocycles. The van der Waals surface area contributed by atoms with Crippen molar-refractivity contribution in [3.63, 3.8) is 0 Å². The minimum Gasteiger partial charge on any atom is -0.457 e. The molecule has 0 bridgehead atoms. The maximum absolute atomic E-state index is 13.7. The molecule has 0 spiro atoms. The summed E-state index contributed by atoms with van der Waals surface area (Å²) in [6.07, 6.45) is 2.83. The number of aryl methyl sites for hydroxylation is 1. The molecule has 1 aliphatic heterocycles. The van der Waals surface area contributed by atoms with Crippen molar-refractivity contribution >= 4 is 23.2 Å². The molecule has 0 saturated carbocycles. The van der Waals surface area contributed by atoms with Crippen LogP contribution in [-0.4, -0.2) is 22.4 Å². The van der Waals surface area contributed by atoms with Gasteiger partial charge in [0.25, 0.3) is 0 Å². The van der Waals surface area contributed by atoms with Gasteiger partial charge in [0.05, 0.1) is 5.92 Å². The number of aliphatic imine (C=N–C) groups is 1. The third-order valence-corrected chi connectivity index (χ3v) is 6.94. The Morgan fingerprint density at radius 1 is 0.973 bits per heavy atom. The van der Waals surface area contributed by atoms with E-state index in [1.54, 1.807) is 12.3 Å². The Hall–Kier alpha value is -4.06. The second-order valence-electron chi connectivity index (χ2n) is 10.7. The summed E-state index contributed by atoms with van der Waals surface area (Å²) in [7, 11) is 0. The Kier molecular flexibility index (Phi) is 6.50. The van der Waals surface area contributed by atoms with Crippen molar-refractivity contribution in [3.05, 3.63) is 95.3 Å². The lowest BCUT2D eigenvalue weighted by molar-refractivity contribution is -0.119. The second-order valence-corrected chi connectivity index (χ2v) is 10.7. The summed E-state index contributed by atoms with van der Waals surface area (Å²) in [4.78, 5) is 36.5. The fourth-order valence-electron chi connectivity index (χ4n) is 5.29. The number of anilines is 1. The predicted octanol–water partition coefficient (Wildman–Crippen LogP) is 6.64. The van der Waals surface area contributed by atoms with Crippen LogP contribution in [0.15, 0.2) is 89.2 Å². The summed E-state index contributed by atoms with van der Waals surface area (Å²) in [6, 6.07) is 20.9. The van der Waals surface area contributed by atoms with Crippen LogP contribution in [0.25, 0.3) is 0 Å². The molecule has 1 aliphatic carbocycles. The lowest BCUT2D eigenvalue weighted by Crippen LogP contribution is -2.41. The third-order valence-electron chi connectivity index (χ3n) is 6.94. The van der Waals surface area contributed by atoms with Crippen LogP contribution in [0.5, 0.6) is 11.5 Å². The number of benzene rings is 2.